The van der Waals surface area contributed by atoms with E-state index in [9.17, 15) is 12.8 Å². The van der Waals surface area contributed by atoms with E-state index >= 15 is 0 Å². The van der Waals surface area contributed by atoms with Gasteiger partial charge in [-0.2, -0.15) is 5.10 Å². The number of aromatic nitrogens is 3. The van der Waals surface area contributed by atoms with Crippen LogP contribution >= 0.6 is 15.9 Å². The Morgan fingerprint density at radius 1 is 1.09 bits per heavy atom. The third-order valence-corrected chi connectivity index (χ3v) is 7.56. The topological polar surface area (TPSA) is 64.8 Å². The second-order valence-corrected chi connectivity index (χ2v) is 11.6. The zero-order chi connectivity index (χ0) is 23.3. The van der Waals surface area contributed by atoms with Gasteiger partial charge in [0, 0.05) is 16.1 Å². The van der Waals surface area contributed by atoms with Crippen LogP contribution in [0.15, 0.2) is 64.1 Å². The van der Waals surface area contributed by atoms with E-state index in [2.05, 4.69) is 26.0 Å². The molecule has 4 rings (SSSR count). The van der Waals surface area contributed by atoms with Gasteiger partial charge in [0.25, 0.3) is 0 Å². The number of nitrogens with zero attached hydrogens (tertiary/aromatic N) is 3. The van der Waals surface area contributed by atoms with Crippen LogP contribution in [-0.4, -0.2) is 23.2 Å². The highest BCUT2D eigenvalue weighted by Crippen LogP contribution is 2.30. The van der Waals surface area contributed by atoms with Gasteiger partial charge in [-0.25, -0.2) is 17.5 Å². The van der Waals surface area contributed by atoms with Crippen molar-refractivity contribution >= 4 is 36.7 Å². The smallest absolute Gasteiger partial charge is 0.184 e. The van der Waals surface area contributed by atoms with Gasteiger partial charge in [0.05, 0.1) is 33.2 Å². The van der Waals surface area contributed by atoms with E-state index in [0.29, 0.717) is 17.0 Å². The Bertz CT molecular complexity index is 1440. The van der Waals surface area contributed by atoms with Crippen LogP contribution in [0.2, 0.25) is 0 Å². The van der Waals surface area contributed by atoms with Crippen molar-refractivity contribution in [3.63, 3.8) is 0 Å². The van der Waals surface area contributed by atoms with E-state index in [1.165, 1.54) is 6.07 Å². The minimum Gasteiger partial charge on any atom is -0.255 e. The molecule has 166 valence electrons. The van der Waals surface area contributed by atoms with Gasteiger partial charge < -0.3 is 0 Å². The maximum Gasteiger partial charge on any atom is 0.184 e. The molecule has 0 saturated heterocycles. The lowest BCUT2D eigenvalue weighted by Gasteiger charge is -2.20. The summed E-state index contributed by atoms with van der Waals surface area (Å²) < 4.78 is 43.5. The number of halogens is 2. The summed E-state index contributed by atoms with van der Waals surface area (Å²) in [6, 6.07) is 13.4. The van der Waals surface area contributed by atoms with Gasteiger partial charge in [0.15, 0.2) is 9.84 Å². The van der Waals surface area contributed by atoms with Crippen molar-refractivity contribution < 1.29 is 12.8 Å². The van der Waals surface area contributed by atoms with Crippen LogP contribution in [0, 0.1) is 12.7 Å². The maximum atomic E-state index is 14.7. The predicted octanol–water partition coefficient (Wildman–Crippen LogP) is 5.90. The number of hydrogen-bond acceptors (Lipinski definition) is 4. The minimum atomic E-state index is -3.80. The van der Waals surface area contributed by atoms with E-state index in [0.717, 1.165) is 27.1 Å². The molecule has 0 saturated carbocycles. The fourth-order valence-corrected chi connectivity index (χ4v) is 5.52. The molecule has 0 aliphatic heterocycles. The molecule has 2 heterocycles. The SMILES string of the molecule is Cc1cc(CS(=O)(=O)c2ccc(C(C)(C)C)c(F)c2)n(-c2ccc(Br)c3ncccc23)n1. The average Bonchev–Trinajstić information content (AvgIpc) is 3.06. The summed E-state index contributed by atoms with van der Waals surface area (Å²) in [5.74, 6) is -0.826. The van der Waals surface area contributed by atoms with E-state index in [1.807, 2.05) is 52.0 Å². The zero-order valence-electron chi connectivity index (χ0n) is 18.2. The number of hydrogen-bond donors (Lipinski definition) is 0. The van der Waals surface area contributed by atoms with Crippen LogP contribution in [0.4, 0.5) is 4.39 Å². The van der Waals surface area contributed by atoms with Crippen molar-refractivity contribution in [1.29, 1.82) is 0 Å². The van der Waals surface area contributed by atoms with Crippen molar-refractivity contribution in [1.82, 2.24) is 14.8 Å². The molecule has 0 unspecified atom stereocenters. The lowest BCUT2D eigenvalue weighted by molar-refractivity contribution is 0.519. The van der Waals surface area contributed by atoms with Crippen LogP contribution in [0.3, 0.4) is 0 Å². The molecule has 0 amide bonds. The lowest BCUT2D eigenvalue weighted by Crippen LogP contribution is -2.15. The van der Waals surface area contributed by atoms with Crippen LogP contribution < -0.4 is 0 Å². The first-order chi connectivity index (χ1) is 15.0. The van der Waals surface area contributed by atoms with Crippen molar-refractivity contribution in [2.75, 3.05) is 0 Å². The molecule has 2 aromatic carbocycles. The van der Waals surface area contributed by atoms with Gasteiger partial charge in [-0.1, -0.05) is 26.8 Å². The zero-order valence-corrected chi connectivity index (χ0v) is 20.6. The molecule has 0 aliphatic carbocycles. The molecule has 0 N–H and O–H groups in total. The largest absolute Gasteiger partial charge is 0.255 e. The molecule has 2 aromatic heterocycles. The van der Waals surface area contributed by atoms with Crippen LogP contribution in [0.1, 0.15) is 37.7 Å². The van der Waals surface area contributed by atoms with Crippen molar-refractivity contribution in [3.8, 4) is 5.69 Å². The Labute approximate surface area is 195 Å². The Morgan fingerprint density at radius 2 is 1.84 bits per heavy atom. The molecule has 0 radical (unpaired) electrons. The Kier molecular flexibility index (Phi) is 5.71. The summed E-state index contributed by atoms with van der Waals surface area (Å²) in [4.78, 5) is 4.37. The monoisotopic (exact) mass is 515 g/mol. The molecule has 8 heteroatoms. The number of rotatable bonds is 4. The average molecular weight is 516 g/mol. The van der Waals surface area contributed by atoms with Gasteiger partial charge >= 0.3 is 0 Å². The number of fused-ring (bicyclic) bond motifs is 1. The molecule has 0 aliphatic rings. The first kappa shape index (κ1) is 22.6. The van der Waals surface area contributed by atoms with E-state index in [4.69, 9.17) is 0 Å². The predicted molar refractivity (Wildman–Crippen MR) is 127 cm³/mol. The summed E-state index contributed by atoms with van der Waals surface area (Å²) >= 11 is 3.51. The van der Waals surface area contributed by atoms with Crippen molar-refractivity contribution in [3.05, 3.63) is 82.0 Å². The number of sulfone groups is 1. The number of aryl methyl sites for hydroxylation is 1. The Balaban J connectivity index is 1.78. The maximum absolute atomic E-state index is 14.7. The molecular formula is C24H23BrFN3O2S. The minimum absolute atomic E-state index is 0.0456. The van der Waals surface area contributed by atoms with Crippen molar-refractivity contribution in [2.24, 2.45) is 0 Å². The molecule has 5 nitrogen and oxygen atoms in total. The Morgan fingerprint density at radius 3 is 2.53 bits per heavy atom. The van der Waals surface area contributed by atoms with Gasteiger partial charge in [-0.3, -0.25) is 4.98 Å². The quantitative estimate of drug-likeness (QED) is 0.339. The van der Waals surface area contributed by atoms with Gasteiger partial charge in [-0.05, 0) is 76.3 Å². The molecule has 32 heavy (non-hydrogen) atoms. The first-order valence-electron chi connectivity index (χ1n) is 10.1. The lowest BCUT2D eigenvalue weighted by atomic mass is 9.87. The summed E-state index contributed by atoms with van der Waals surface area (Å²) in [6.07, 6.45) is 1.70. The van der Waals surface area contributed by atoms with Crippen LogP contribution in [-0.2, 0) is 21.0 Å². The second kappa shape index (κ2) is 8.08. The summed E-state index contributed by atoms with van der Waals surface area (Å²) in [5.41, 5.74) is 2.72. The summed E-state index contributed by atoms with van der Waals surface area (Å²) in [7, 11) is -3.80. The highest BCUT2D eigenvalue weighted by molar-refractivity contribution is 9.10. The molecule has 0 fully saturated rings. The van der Waals surface area contributed by atoms with E-state index < -0.39 is 21.1 Å². The third kappa shape index (κ3) is 4.21. The summed E-state index contributed by atoms with van der Waals surface area (Å²) in [5, 5.41) is 5.37. The molecule has 4 aromatic rings. The third-order valence-electron chi connectivity index (χ3n) is 5.28. The van der Waals surface area contributed by atoms with Gasteiger partial charge in [-0.15, -0.1) is 0 Å². The molecule has 0 atom stereocenters. The van der Waals surface area contributed by atoms with E-state index in [-0.39, 0.29) is 10.6 Å². The van der Waals surface area contributed by atoms with Gasteiger partial charge in [0.1, 0.15) is 5.82 Å². The second-order valence-electron chi connectivity index (χ2n) is 8.81. The van der Waals surface area contributed by atoms with E-state index in [1.54, 1.807) is 23.0 Å². The standard InChI is InChI=1S/C24H23BrFN3O2S/c1-15-12-16(14-32(30,31)17-7-8-19(21(26)13-17)24(2,3)4)29(28-15)22-10-9-20(25)23-18(22)6-5-11-27-23/h5-13H,14H2,1-4H3. The Hall–Kier alpha value is -2.58. The highest BCUT2D eigenvalue weighted by atomic mass is 79.9. The first-order valence-corrected chi connectivity index (χ1v) is 12.5. The van der Waals surface area contributed by atoms with Crippen LogP contribution in [0.5, 0.6) is 0 Å². The normalized spacial score (nSPS) is 12.4. The fraction of sp³-hybridized carbons (Fsp3) is 0.250. The highest BCUT2D eigenvalue weighted by Gasteiger charge is 2.24. The summed E-state index contributed by atoms with van der Waals surface area (Å²) in [6.45, 7) is 7.47. The molecule has 0 spiro atoms. The van der Waals surface area contributed by atoms with Crippen LogP contribution in [0.25, 0.3) is 16.6 Å². The number of benzene rings is 2. The number of pyridine rings is 1. The fourth-order valence-electron chi connectivity index (χ4n) is 3.75. The van der Waals surface area contributed by atoms with Crippen molar-refractivity contribution in [2.45, 2.75) is 43.8 Å². The van der Waals surface area contributed by atoms with Gasteiger partial charge in [0.2, 0.25) is 0 Å². The molecule has 0 bridgehead atoms. The molecular weight excluding hydrogens is 493 g/mol.